The Kier molecular flexibility index (Phi) is 12.2. The molecule has 1 aliphatic rings. The minimum Gasteiger partial charge on any atom is -0.391 e. The molecule has 41 heavy (non-hydrogen) atoms. The van der Waals surface area contributed by atoms with E-state index in [1.54, 1.807) is 11.3 Å². The zero-order chi connectivity index (χ0) is 30.0. The number of benzene rings is 1. The van der Waals surface area contributed by atoms with Gasteiger partial charge in [0.05, 0.1) is 48.6 Å². The van der Waals surface area contributed by atoms with Crippen LogP contribution in [0.2, 0.25) is 0 Å². The summed E-state index contributed by atoms with van der Waals surface area (Å²) in [7, 11) is 0. The fourth-order valence-electron chi connectivity index (χ4n) is 4.58. The van der Waals surface area contributed by atoms with Crippen molar-refractivity contribution >= 4 is 29.1 Å². The van der Waals surface area contributed by atoms with Gasteiger partial charge in [0, 0.05) is 32.5 Å². The Morgan fingerprint density at radius 1 is 1.15 bits per heavy atom. The van der Waals surface area contributed by atoms with E-state index in [1.807, 2.05) is 57.5 Å². The number of carbonyl (C=O) groups excluding carboxylic acids is 3. The molecule has 3 amide bonds. The number of rotatable bonds is 14. The smallest absolute Gasteiger partial charge is 0.246 e. The van der Waals surface area contributed by atoms with Crippen molar-refractivity contribution in [3.8, 4) is 10.4 Å². The van der Waals surface area contributed by atoms with Crippen LogP contribution in [0.5, 0.6) is 0 Å². The molecule has 1 aliphatic heterocycles. The average molecular weight is 590 g/mol. The zero-order valence-corrected chi connectivity index (χ0v) is 25.2. The van der Waals surface area contributed by atoms with Gasteiger partial charge in [-0.2, -0.15) is 0 Å². The summed E-state index contributed by atoms with van der Waals surface area (Å²) >= 11 is 1.58. The van der Waals surface area contributed by atoms with E-state index in [0.29, 0.717) is 26.4 Å². The number of hydrogen-bond acceptors (Lipinski definition) is 9. The highest BCUT2D eigenvalue weighted by Gasteiger charge is 2.44. The van der Waals surface area contributed by atoms with E-state index in [0.717, 1.165) is 21.7 Å². The first-order valence-electron chi connectivity index (χ1n) is 13.9. The van der Waals surface area contributed by atoms with Gasteiger partial charge in [0.1, 0.15) is 12.1 Å². The van der Waals surface area contributed by atoms with Crippen LogP contribution in [0.3, 0.4) is 0 Å². The molecule has 0 saturated carbocycles. The lowest BCUT2D eigenvalue weighted by molar-refractivity contribution is -0.144. The predicted molar refractivity (Wildman–Crippen MR) is 157 cm³/mol. The SMILES string of the molecule is Cc1ncsc1-c1ccc(CNC(=O)C2C[C@@H](O)CN2C(=O)[C@@H](NC(=O)CCOCCOCCN)C(C)(C)C)cc1. The summed E-state index contributed by atoms with van der Waals surface area (Å²) in [5, 5.41) is 16.1. The standard InChI is InChI=1S/C29H43N5O6S/c1-19-25(41-18-32-19)21-7-5-20(6-8-21)16-31-27(37)23-15-22(35)17-34(23)28(38)26(29(2,3)4)33-24(36)9-11-39-13-14-40-12-10-30/h5-8,18,22-23,26,35H,9-17,30H2,1-4H3,(H,31,37)(H,33,36)/t22-,23?,26-/m1/s1. The van der Waals surface area contributed by atoms with Crippen LogP contribution in [0.25, 0.3) is 10.4 Å². The van der Waals surface area contributed by atoms with Crippen molar-refractivity contribution in [2.75, 3.05) is 39.5 Å². The lowest BCUT2D eigenvalue weighted by atomic mass is 9.85. The Labute approximate surface area is 245 Å². The van der Waals surface area contributed by atoms with Crippen LogP contribution >= 0.6 is 11.3 Å². The molecule has 2 aromatic rings. The van der Waals surface area contributed by atoms with E-state index in [4.69, 9.17) is 15.2 Å². The average Bonchev–Trinajstić information content (AvgIpc) is 3.54. The first-order valence-corrected chi connectivity index (χ1v) is 14.8. The van der Waals surface area contributed by atoms with Gasteiger partial charge in [-0.1, -0.05) is 45.0 Å². The minimum atomic E-state index is -0.883. The van der Waals surface area contributed by atoms with Gasteiger partial charge in [-0.3, -0.25) is 14.4 Å². The van der Waals surface area contributed by atoms with Crippen molar-refractivity contribution in [1.29, 1.82) is 0 Å². The summed E-state index contributed by atoms with van der Waals surface area (Å²) < 4.78 is 10.7. The number of aryl methyl sites for hydroxylation is 1. The molecule has 1 fully saturated rings. The lowest BCUT2D eigenvalue weighted by Gasteiger charge is -2.35. The molecule has 2 heterocycles. The van der Waals surface area contributed by atoms with Gasteiger partial charge >= 0.3 is 0 Å². The van der Waals surface area contributed by atoms with Crippen LogP contribution in [0.4, 0.5) is 0 Å². The molecular formula is C29H43N5O6S. The second kappa shape index (κ2) is 15.4. The quantitative estimate of drug-likeness (QED) is 0.242. The number of hydrogen-bond donors (Lipinski definition) is 4. The number of nitrogens with zero attached hydrogens (tertiary/aromatic N) is 2. The maximum absolute atomic E-state index is 13.7. The number of nitrogens with two attached hydrogens (primary N) is 1. The highest BCUT2D eigenvalue weighted by Crippen LogP contribution is 2.28. The number of aliphatic hydroxyl groups is 1. The van der Waals surface area contributed by atoms with Crippen LogP contribution < -0.4 is 16.4 Å². The summed E-state index contributed by atoms with van der Waals surface area (Å²) in [4.78, 5) is 46.3. The number of amides is 3. The molecule has 0 aliphatic carbocycles. The normalized spacial score (nSPS) is 17.9. The highest BCUT2D eigenvalue weighted by atomic mass is 32.1. The maximum atomic E-state index is 13.7. The number of nitrogens with one attached hydrogen (secondary N) is 2. The van der Waals surface area contributed by atoms with Crippen LogP contribution in [0, 0.1) is 12.3 Å². The molecule has 3 atom stereocenters. The van der Waals surface area contributed by atoms with Crippen molar-refractivity contribution in [3.05, 3.63) is 41.0 Å². The monoisotopic (exact) mass is 589 g/mol. The zero-order valence-electron chi connectivity index (χ0n) is 24.4. The lowest BCUT2D eigenvalue weighted by Crippen LogP contribution is -2.57. The molecule has 1 aromatic carbocycles. The van der Waals surface area contributed by atoms with Crippen molar-refractivity contribution < 1.29 is 29.0 Å². The molecule has 1 saturated heterocycles. The summed E-state index contributed by atoms with van der Waals surface area (Å²) in [5.74, 6) is -1.08. The van der Waals surface area contributed by atoms with E-state index < -0.39 is 29.5 Å². The summed E-state index contributed by atoms with van der Waals surface area (Å²) in [6.07, 6.45) is -0.626. The molecular weight excluding hydrogens is 546 g/mol. The second-order valence-corrected chi connectivity index (χ2v) is 12.1. The van der Waals surface area contributed by atoms with Gasteiger partial charge in [0.25, 0.3) is 0 Å². The van der Waals surface area contributed by atoms with Crippen LogP contribution in [0.1, 0.15) is 44.9 Å². The minimum absolute atomic E-state index is 0.0220. The number of likely N-dealkylation sites (tertiary alicyclic amines) is 1. The predicted octanol–water partition coefficient (Wildman–Crippen LogP) is 1.61. The van der Waals surface area contributed by atoms with Gasteiger partial charge in [0.2, 0.25) is 17.7 Å². The Balaban J connectivity index is 1.57. The Morgan fingerprint density at radius 3 is 2.44 bits per heavy atom. The summed E-state index contributed by atoms with van der Waals surface area (Å²) in [5.41, 5.74) is 9.50. The molecule has 1 unspecified atom stereocenters. The third-order valence-electron chi connectivity index (χ3n) is 6.82. The van der Waals surface area contributed by atoms with Gasteiger partial charge < -0.3 is 35.8 Å². The number of thiazole rings is 1. The third-order valence-corrected chi connectivity index (χ3v) is 7.80. The Bertz CT molecular complexity index is 1150. The largest absolute Gasteiger partial charge is 0.391 e. The van der Waals surface area contributed by atoms with E-state index in [2.05, 4.69) is 15.6 Å². The molecule has 1 aromatic heterocycles. The molecule has 0 bridgehead atoms. The number of carbonyl (C=O) groups is 3. The molecule has 226 valence electrons. The van der Waals surface area contributed by atoms with Gasteiger partial charge in [-0.05, 0) is 23.5 Å². The molecule has 12 heteroatoms. The van der Waals surface area contributed by atoms with E-state index in [-0.39, 0.29) is 44.4 Å². The number of aromatic nitrogens is 1. The number of β-amino-alcohol motifs (C(OH)–C–C–N with tert-alkyl or cyclic N) is 1. The summed E-state index contributed by atoms with van der Waals surface area (Å²) in [6, 6.07) is 6.16. The first-order chi connectivity index (χ1) is 19.5. The van der Waals surface area contributed by atoms with Crippen molar-refractivity contribution in [2.45, 2.75) is 65.3 Å². The molecule has 5 N–H and O–H groups in total. The van der Waals surface area contributed by atoms with Crippen molar-refractivity contribution in [2.24, 2.45) is 11.1 Å². The number of ether oxygens (including phenoxy) is 2. The molecule has 11 nitrogen and oxygen atoms in total. The Morgan fingerprint density at radius 2 is 1.83 bits per heavy atom. The van der Waals surface area contributed by atoms with Gasteiger partial charge in [-0.15, -0.1) is 11.3 Å². The van der Waals surface area contributed by atoms with Crippen LogP contribution in [-0.4, -0.2) is 90.4 Å². The number of aliphatic hydroxyl groups excluding tert-OH is 1. The van der Waals surface area contributed by atoms with Gasteiger partial charge in [-0.25, -0.2) is 4.98 Å². The van der Waals surface area contributed by atoms with Crippen LogP contribution in [-0.2, 0) is 30.4 Å². The first kappa shape index (κ1) is 32.6. The maximum Gasteiger partial charge on any atom is 0.246 e. The van der Waals surface area contributed by atoms with Crippen molar-refractivity contribution in [3.63, 3.8) is 0 Å². The van der Waals surface area contributed by atoms with Crippen molar-refractivity contribution in [1.82, 2.24) is 20.5 Å². The Hall–Kier alpha value is -2.90. The fraction of sp³-hybridized carbons (Fsp3) is 0.586. The second-order valence-electron chi connectivity index (χ2n) is 11.2. The van der Waals surface area contributed by atoms with E-state index >= 15 is 0 Å². The molecule has 0 spiro atoms. The molecule has 0 radical (unpaired) electrons. The molecule has 3 rings (SSSR count). The van der Waals surface area contributed by atoms with Gasteiger partial charge in [0.15, 0.2) is 0 Å². The fourth-order valence-corrected chi connectivity index (χ4v) is 5.40. The van der Waals surface area contributed by atoms with E-state index in [1.165, 1.54) is 4.90 Å². The third kappa shape index (κ3) is 9.57. The highest BCUT2D eigenvalue weighted by molar-refractivity contribution is 7.13. The van der Waals surface area contributed by atoms with E-state index in [9.17, 15) is 19.5 Å². The summed E-state index contributed by atoms with van der Waals surface area (Å²) in [6.45, 7) is 9.61. The van der Waals surface area contributed by atoms with Crippen LogP contribution in [0.15, 0.2) is 29.8 Å². The topological polar surface area (TPSA) is 156 Å².